The van der Waals surface area contributed by atoms with Crippen molar-refractivity contribution in [3.05, 3.63) is 11.6 Å². The summed E-state index contributed by atoms with van der Waals surface area (Å²) in [6.45, 7) is 4.30. The lowest BCUT2D eigenvalue weighted by Gasteiger charge is -1.98. The van der Waals surface area contributed by atoms with Crippen LogP contribution in [0.5, 0.6) is 0 Å². The van der Waals surface area contributed by atoms with E-state index in [1.807, 2.05) is 13.8 Å². The van der Waals surface area contributed by atoms with E-state index in [9.17, 15) is 8.42 Å². The molecule has 0 rings (SSSR count). The summed E-state index contributed by atoms with van der Waals surface area (Å²) in [6, 6.07) is 0. The summed E-state index contributed by atoms with van der Waals surface area (Å²) < 4.78 is 25.5. The van der Waals surface area contributed by atoms with Gasteiger partial charge in [-0.1, -0.05) is 11.6 Å². The maximum atomic E-state index is 10.5. The summed E-state index contributed by atoms with van der Waals surface area (Å²) in [5.74, 6) is 0. The van der Waals surface area contributed by atoms with Crippen molar-refractivity contribution in [1.29, 1.82) is 0 Å². The molecule has 0 unspecified atom stereocenters. The van der Waals surface area contributed by atoms with Crippen molar-refractivity contribution < 1.29 is 12.6 Å². The molecule has 0 aromatic heterocycles. The Morgan fingerprint density at radius 2 is 2.00 bits per heavy atom. The third-order valence-corrected chi connectivity index (χ3v) is 1.79. The largest absolute Gasteiger partial charge is 0.270 e. The summed E-state index contributed by atoms with van der Waals surface area (Å²) in [5, 5.41) is 0. The standard InChI is InChI=1S/C8H16O3S/c1-8(2)6-4-5-7-11-12(3,9)10/h6H,4-5,7H2,1-3H3. The summed E-state index contributed by atoms with van der Waals surface area (Å²) >= 11 is 0. The van der Waals surface area contributed by atoms with E-state index in [1.165, 1.54) is 5.57 Å². The van der Waals surface area contributed by atoms with E-state index in [-0.39, 0.29) is 6.61 Å². The van der Waals surface area contributed by atoms with Crippen LogP contribution in [0.4, 0.5) is 0 Å². The van der Waals surface area contributed by atoms with Crippen LogP contribution in [0.25, 0.3) is 0 Å². The lowest BCUT2D eigenvalue weighted by atomic mass is 10.2. The van der Waals surface area contributed by atoms with Crippen LogP contribution >= 0.6 is 0 Å². The second kappa shape index (κ2) is 5.32. The van der Waals surface area contributed by atoms with Crippen molar-refractivity contribution in [2.75, 3.05) is 12.9 Å². The van der Waals surface area contributed by atoms with Crippen molar-refractivity contribution in [1.82, 2.24) is 0 Å². The molecule has 0 bridgehead atoms. The SMILES string of the molecule is CC(C)=CCCCOS(C)(=O)=O. The molecule has 0 aliphatic rings. The highest BCUT2D eigenvalue weighted by Gasteiger charge is 1.98. The zero-order valence-corrected chi connectivity index (χ0v) is 8.65. The molecule has 0 aliphatic carbocycles. The Morgan fingerprint density at radius 1 is 1.42 bits per heavy atom. The zero-order valence-electron chi connectivity index (χ0n) is 7.83. The molecule has 72 valence electrons. The average molecular weight is 192 g/mol. The molecular formula is C8H16O3S. The first kappa shape index (κ1) is 11.6. The van der Waals surface area contributed by atoms with E-state index in [4.69, 9.17) is 0 Å². The fourth-order valence-electron chi connectivity index (χ4n) is 0.684. The van der Waals surface area contributed by atoms with Crippen LogP contribution in [-0.4, -0.2) is 21.3 Å². The molecule has 0 aliphatic heterocycles. The predicted molar refractivity (Wildman–Crippen MR) is 49.5 cm³/mol. The van der Waals surface area contributed by atoms with E-state index in [0.717, 1.165) is 19.1 Å². The maximum Gasteiger partial charge on any atom is 0.264 e. The van der Waals surface area contributed by atoms with Crippen molar-refractivity contribution in [2.24, 2.45) is 0 Å². The molecule has 0 aromatic rings. The van der Waals surface area contributed by atoms with Gasteiger partial charge in [0.05, 0.1) is 12.9 Å². The van der Waals surface area contributed by atoms with Gasteiger partial charge in [0.25, 0.3) is 10.1 Å². The van der Waals surface area contributed by atoms with Crippen LogP contribution in [0, 0.1) is 0 Å². The van der Waals surface area contributed by atoms with Gasteiger partial charge in [0.1, 0.15) is 0 Å². The number of allylic oxidation sites excluding steroid dienone is 2. The molecule has 3 nitrogen and oxygen atoms in total. The summed E-state index contributed by atoms with van der Waals surface area (Å²) in [5.41, 5.74) is 1.24. The first-order valence-corrected chi connectivity index (χ1v) is 5.71. The van der Waals surface area contributed by atoms with Crippen LogP contribution in [0.15, 0.2) is 11.6 Å². The Bertz CT molecular complexity index is 235. The van der Waals surface area contributed by atoms with Gasteiger partial charge in [-0.2, -0.15) is 8.42 Å². The molecule has 0 saturated carbocycles. The Hall–Kier alpha value is -0.350. The predicted octanol–water partition coefficient (Wildman–Crippen LogP) is 1.71. The highest BCUT2D eigenvalue weighted by molar-refractivity contribution is 7.85. The van der Waals surface area contributed by atoms with E-state index in [1.54, 1.807) is 0 Å². The fraction of sp³-hybridized carbons (Fsp3) is 0.750. The Kier molecular flexibility index (Phi) is 5.17. The Balaban J connectivity index is 3.41. The lowest BCUT2D eigenvalue weighted by molar-refractivity contribution is 0.317. The number of rotatable bonds is 5. The summed E-state index contributed by atoms with van der Waals surface area (Å²) in [6.07, 6.45) is 4.75. The second-order valence-corrected chi connectivity index (χ2v) is 4.59. The highest BCUT2D eigenvalue weighted by Crippen LogP contribution is 1.98. The van der Waals surface area contributed by atoms with E-state index < -0.39 is 10.1 Å². The topological polar surface area (TPSA) is 43.4 Å². The number of hydrogen-bond donors (Lipinski definition) is 0. The van der Waals surface area contributed by atoms with Gasteiger partial charge in [-0.05, 0) is 26.7 Å². The van der Waals surface area contributed by atoms with Gasteiger partial charge in [-0.3, -0.25) is 4.18 Å². The van der Waals surface area contributed by atoms with Gasteiger partial charge in [-0.25, -0.2) is 0 Å². The molecule has 0 saturated heterocycles. The number of unbranched alkanes of at least 4 members (excludes halogenated alkanes) is 1. The van der Waals surface area contributed by atoms with Gasteiger partial charge >= 0.3 is 0 Å². The molecule has 0 atom stereocenters. The Labute approximate surface area is 74.6 Å². The summed E-state index contributed by atoms with van der Waals surface area (Å²) in [7, 11) is -3.25. The first-order chi connectivity index (χ1) is 5.42. The zero-order chi connectivity index (χ0) is 9.61. The van der Waals surface area contributed by atoms with Gasteiger partial charge in [0.15, 0.2) is 0 Å². The highest BCUT2D eigenvalue weighted by atomic mass is 32.2. The second-order valence-electron chi connectivity index (χ2n) is 2.95. The average Bonchev–Trinajstić information content (AvgIpc) is 1.83. The molecule has 0 heterocycles. The van der Waals surface area contributed by atoms with Crippen LogP contribution in [0.3, 0.4) is 0 Å². The fourth-order valence-corrected chi connectivity index (χ4v) is 1.10. The third kappa shape index (κ3) is 9.65. The molecule has 0 amide bonds. The van der Waals surface area contributed by atoms with Crippen LogP contribution < -0.4 is 0 Å². The molecule has 0 aromatic carbocycles. The smallest absolute Gasteiger partial charge is 0.264 e. The van der Waals surface area contributed by atoms with E-state index in [2.05, 4.69) is 10.3 Å². The molecule has 0 radical (unpaired) electrons. The minimum absolute atomic E-state index is 0.280. The van der Waals surface area contributed by atoms with Gasteiger partial charge in [0, 0.05) is 0 Å². The van der Waals surface area contributed by atoms with Crippen LogP contribution in [-0.2, 0) is 14.3 Å². The minimum Gasteiger partial charge on any atom is -0.270 e. The van der Waals surface area contributed by atoms with Crippen LogP contribution in [0.1, 0.15) is 26.7 Å². The molecular weight excluding hydrogens is 176 g/mol. The van der Waals surface area contributed by atoms with Gasteiger partial charge in [0.2, 0.25) is 0 Å². The molecule has 4 heteroatoms. The van der Waals surface area contributed by atoms with E-state index in [0.29, 0.717) is 0 Å². The van der Waals surface area contributed by atoms with Crippen molar-refractivity contribution in [3.8, 4) is 0 Å². The monoisotopic (exact) mass is 192 g/mol. The van der Waals surface area contributed by atoms with Gasteiger partial charge in [-0.15, -0.1) is 0 Å². The third-order valence-electron chi connectivity index (χ3n) is 1.20. The Morgan fingerprint density at radius 3 is 2.42 bits per heavy atom. The lowest BCUT2D eigenvalue weighted by Crippen LogP contribution is -2.03. The molecule has 12 heavy (non-hydrogen) atoms. The minimum atomic E-state index is -3.25. The normalized spacial score (nSPS) is 11.2. The van der Waals surface area contributed by atoms with Crippen molar-refractivity contribution in [2.45, 2.75) is 26.7 Å². The quantitative estimate of drug-likeness (QED) is 0.378. The number of hydrogen-bond acceptors (Lipinski definition) is 3. The molecule has 0 N–H and O–H groups in total. The molecule has 0 spiro atoms. The van der Waals surface area contributed by atoms with Gasteiger partial charge < -0.3 is 0 Å². The summed E-state index contributed by atoms with van der Waals surface area (Å²) in [4.78, 5) is 0. The van der Waals surface area contributed by atoms with E-state index >= 15 is 0 Å². The maximum absolute atomic E-state index is 10.5. The first-order valence-electron chi connectivity index (χ1n) is 3.89. The van der Waals surface area contributed by atoms with Crippen molar-refractivity contribution in [3.63, 3.8) is 0 Å². The van der Waals surface area contributed by atoms with Crippen molar-refractivity contribution >= 4 is 10.1 Å². The van der Waals surface area contributed by atoms with Crippen LogP contribution in [0.2, 0.25) is 0 Å². The molecule has 0 fully saturated rings.